The van der Waals surface area contributed by atoms with Gasteiger partial charge in [0.15, 0.2) is 0 Å². The van der Waals surface area contributed by atoms with Crippen LogP contribution in [-0.2, 0) is 10.0 Å². The number of nitrogens with zero attached hydrogens (tertiary/aromatic N) is 1. The topological polar surface area (TPSA) is 72.2 Å². The molecule has 0 aliphatic rings. The van der Waals surface area contributed by atoms with Gasteiger partial charge in [0.25, 0.3) is 0 Å². The predicted molar refractivity (Wildman–Crippen MR) is 76.1 cm³/mol. The molecule has 2 rings (SSSR count). The van der Waals surface area contributed by atoms with Crippen LogP contribution in [0, 0.1) is 19.7 Å². The fourth-order valence-corrected chi connectivity index (χ4v) is 4.02. The quantitative estimate of drug-likeness (QED) is 0.933. The molecule has 0 radical (unpaired) electrons. The van der Waals surface area contributed by atoms with Crippen LogP contribution in [-0.4, -0.2) is 13.6 Å². The molecule has 2 aromatic rings. The summed E-state index contributed by atoms with van der Waals surface area (Å²) in [6.07, 6.45) is 0. The fraction of sp³-hybridized carbons (Fsp3) is 0.308. The Balaban J connectivity index is 2.39. The third-order valence-corrected chi connectivity index (χ3v) is 5.08. The smallest absolute Gasteiger partial charge is 0.245 e. The minimum atomic E-state index is -4.11. The van der Waals surface area contributed by atoms with Crippen LogP contribution >= 0.6 is 11.6 Å². The second kappa shape index (κ2) is 5.75. The maximum absolute atomic E-state index is 13.8. The Bertz CT molecular complexity index is 734. The highest BCUT2D eigenvalue weighted by molar-refractivity contribution is 7.89. The average molecular weight is 333 g/mol. The Labute approximate surface area is 127 Å². The van der Waals surface area contributed by atoms with E-state index in [-0.39, 0.29) is 5.02 Å². The first kappa shape index (κ1) is 15.9. The molecule has 21 heavy (non-hydrogen) atoms. The number of benzene rings is 1. The molecule has 0 aliphatic carbocycles. The number of hydrogen-bond acceptors (Lipinski definition) is 4. The van der Waals surface area contributed by atoms with Crippen molar-refractivity contribution < 1.29 is 17.3 Å². The Morgan fingerprint density at radius 3 is 2.57 bits per heavy atom. The number of aromatic nitrogens is 1. The standard InChI is InChI=1S/C13H14ClFN2O3S/c1-7-12(9(3)20-16-7)8(2)17-21(18,19)13-10(14)5-4-6-11(13)15/h4-6,8,17H,1-3H3/t8-/m0/s1. The number of rotatable bonds is 4. The van der Waals surface area contributed by atoms with Crippen LogP contribution in [0.3, 0.4) is 0 Å². The van der Waals surface area contributed by atoms with Crippen LogP contribution in [0.25, 0.3) is 0 Å². The van der Waals surface area contributed by atoms with Gasteiger partial charge in [0.05, 0.1) is 10.7 Å². The molecule has 1 atom stereocenters. The van der Waals surface area contributed by atoms with Crippen molar-refractivity contribution in [3.63, 3.8) is 0 Å². The molecule has 5 nitrogen and oxygen atoms in total. The molecule has 8 heteroatoms. The summed E-state index contributed by atoms with van der Waals surface area (Å²) in [5, 5.41) is 3.59. The van der Waals surface area contributed by atoms with Gasteiger partial charge in [-0.1, -0.05) is 22.8 Å². The molecule has 0 saturated carbocycles. The van der Waals surface area contributed by atoms with Gasteiger partial charge in [0.1, 0.15) is 16.5 Å². The number of halogens is 2. The van der Waals surface area contributed by atoms with Crippen LogP contribution in [0.15, 0.2) is 27.6 Å². The molecule has 0 unspecified atom stereocenters. The number of sulfonamides is 1. The van der Waals surface area contributed by atoms with Crippen molar-refractivity contribution in [1.82, 2.24) is 9.88 Å². The molecule has 0 bridgehead atoms. The first-order valence-corrected chi connectivity index (χ1v) is 7.99. The molecule has 0 spiro atoms. The van der Waals surface area contributed by atoms with E-state index in [0.717, 1.165) is 6.07 Å². The zero-order valence-electron chi connectivity index (χ0n) is 11.6. The molecular formula is C13H14ClFN2O3S. The van der Waals surface area contributed by atoms with Gasteiger partial charge in [-0.15, -0.1) is 0 Å². The van der Waals surface area contributed by atoms with E-state index >= 15 is 0 Å². The van der Waals surface area contributed by atoms with Gasteiger partial charge in [-0.05, 0) is 32.9 Å². The Hall–Kier alpha value is -1.44. The SMILES string of the molecule is Cc1noc(C)c1[C@H](C)NS(=O)(=O)c1c(F)cccc1Cl. The maximum Gasteiger partial charge on any atom is 0.245 e. The second-order valence-corrected chi connectivity index (χ2v) is 6.69. The molecule has 0 aliphatic heterocycles. The fourth-order valence-electron chi connectivity index (χ4n) is 2.20. The highest BCUT2D eigenvalue weighted by Crippen LogP contribution is 2.27. The molecule has 0 saturated heterocycles. The highest BCUT2D eigenvalue weighted by Gasteiger charge is 2.27. The Morgan fingerprint density at radius 2 is 2.05 bits per heavy atom. The van der Waals surface area contributed by atoms with Crippen LogP contribution in [0.1, 0.15) is 30.0 Å². The molecule has 0 amide bonds. The predicted octanol–water partition coefficient (Wildman–Crippen LogP) is 3.12. The molecule has 1 heterocycles. The minimum absolute atomic E-state index is 0.173. The number of nitrogens with one attached hydrogen (secondary N) is 1. The number of hydrogen-bond donors (Lipinski definition) is 1. The summed E-state index contributed by atoms with van der Waals surface area (Å²) in [6.45, 7) is 5.00. The lowest BCUT2D eigenvalue weighted by Crippen LogP contribution is -2.28. The van der Waals surface area contributed by atoms with E-state index in [1.807, 2.05) is 0 Å². The van der Waals surface area contributed by atoms with Crippen molar-refractivity contribution in [3.8, 4) is 0 Å². The van der Waals surface area contributed by atoms with E-state index < -0.39 is 26.8 Å². The van der Waals surface area contributed by atoms with Crippen LogP contribution < -0.4 is 4.72 Å². The lowest BCUT2D eigenvalue weighted by molar-refractivity contribution is 0.391. The van der Waals surface area contributed by atoms with Crippen molar-refractivity contribution in [2.75, 3.05) is 0 Å². The largest absolute Gasteiger partial charge is 0.361 e. The molecule has 1 N–H and O–H groups in total. The zero-order valence-corrected chi connectivity index (χ0v) is 13.2. The van der Waals surface area contributed by atoms with Gasteiger partial charge in [-0.2, -0.15) is 0 Å². The Kier molecular flexibility index (Phi) is 4.36. The Morgan fingerprint density at radius 1 is 1.38 bits per heavy atom. The molecular weight excluding hydrogens is 319 g/mol. The van der Waals surface area contributed by atoms with Gasteiger partial charge in [-0.25, -0.2) is 17.5 Å². The summed E-state index contributed by atoms with van der Waals surface area (Å²) in [5.74, 6) is -0.400. The lowest BCUT2D eigenvalue weighted by atomic mass is 10.1. The van der Waals surface area contributed by atoms with E-state index in [2.05, 4.69) is 9.88 Å². The summed E-state index contributed by atoms with van der Waals surface area (Å²) in [4.78, 5) is -0.565. The molecule has 1 aromatic carbocycles. The van der Waals surface area contributed by atoms with E-state index in [0.29, 0.717) is 17.0 Å². The first-order chi connectivity index (χ1) is 9.74. The third-order valence-electron chi connectivity index (χ3n) is 3.04. The van der Waals surface area contributed by atoms with Gasteiger partial charge >= 0.3 is 0 Å². The van der Waals surface area contributed by atoms with Crippen LogP contribution in [0.4, 0.5) is 4.39 Å². The van der Waals surface area contributed by atoms with Crippen molar-refractivity contribution in [2.45, 2.75) is 31.7 Å². The van der Waals surface area contributed by atoms with Crippen molar-refractivity contribution in [1.29, 1.82) is 0 Å². The monoisotopic (exact) mass is 332 g/mol. The second-order valence-electron chi connectivity index (χ2n) is 4.63. The summed E-state index contributed by atoms with van der Waals surface area (Å²) in [6, 6.07) is 3.08. The highest BCUT2D eigenvalue weighted by atomic mass is 35.5. The van der Waals surface area contributed by atoms with E-state index in [1.165, 1.54) is 12.1 Å². The maximum atomic E-state index is 13.8. The minimum Gasteiger partial charge on any atom is -0.361 e. The van der Waals surface area contributed by atoms with Gasteiger partial charge in [0, 0.05) is 11.6 Å². The molecule has 0 fully saturated rings. The molecule has 114 valence electrons. The third kappa shape index (κ3) is 3.09. The zero-order chi connectivity index (χ0) is 15.8. The summed E-state index contributed by atoms with van der Waals surface area (Å²) >= 11 is 5.79. The summed E-state index contributed by atoms with van der Waals surface area (Å²) < 4.78 is 45.8. The van der Waals surface area contributed by atoms with Crippen LogP contribution in [0.5, 0.6) is 0 Å². The van der Waals surface area contributed by atoms with E-state index in [1.54, 1.807) is 20.8 Å². The van der Waals surface area contributed by atoms with Gasteiger partial charge in [-0.3, -0.25) is 0 Å². The number of aryl methyl sites for hydroxylation is 2. The van der Waals surface area contributed by atoms with Crippen molar-refractivity contribution >= 4 is 21.6 Å². The van der Waals surface area contributed by atoms with E-state index in [9.17, 15) is 12.8 Å². The van der Waals surface area contributed by atoms with Crippen LogP contribution in [0.2, 0.25) is 5.02 Å². The molecule has 1 aromatic heterocycles. The first-order valence-electron chi connectivity index (χ1n) is 6.13. The van der Waals surface area contributed by atoms with Crippen molar-refractivity contribution in [3.05, 3.63) is 46.1 Å². The van der Waals surface area contributed by atoms with Crippen molar-refractivity contribution in [2.24, 2.45) is 0 Å². The normalized spacial score (nSPS) is 13.4. The van der Waals surface area contributed by atoms with Gasteiger partial charge in [0.2, 0.25) is 10.0 Å². The average Bonchev–Trinajstić information content (AvgIpc) is 2.67. The summed E-state index contributed by atoms with van der Waals surface area (Å²) in [7, 11) is -4.11. The van der Waals surface area contributed by atoms with E-state index in [4.69, 9.17) is 16.1 Å². The van der Waals surface area contributed by atoms with Gasteiger partial charge < -0.3 is 4.52 Å². The lowest BCUT2D eigenvalue weighted by Gasteiger charge is -2.15. The summed E-state index contributed by atoms with van der Waals surface area (Å²) in [5.41, 5.74) is 1.19.